The number of hydrogen-bond donors (Lipinski definition) is 1. The van der Waals surface area contributed by atoms with Crippen LogP contribution in [0.1, 0.15) is 52.8 Å². The summed E-state index contributed by atoms with van der Waals surface area (Å²) in [7, 11) is 0. The molecule has 0 bridgehead atoms. The van der Waals surface area contributed by atoms with Gasteiger partial charge in [0, 0.05) is 6.04 Å². The molecule has 1 aromatic rings. The van der Waals surface area contributed by atoms with Crippen LogP contribution < -0.4 is 5.32 Å². The zero-order valence-corrected chi connectivity index (χ0v) is 13.5. The van der Waals surface area contributed by atoms with Crippen molar-refractivity contribution in [1.82, 2.24) is 15.1 Å². The SMILES string of the molecule is C/C(=C/CCNCC(C)C)c1c(Cl)cnn1C(C)C. The molecule has 0 aromatic carbocycles. The average molecular weight is 284 g/mol. The third kappa shape index (κ3) is 5.00. The zero-order chi connectivity index (χ0) is 14.4. The highest BCUT2D eigenvalue weighted by atomic mass is 35.5. The highest BCUT2D eigenvalue weighted by Gasteiger charge is 2.12. The second kappa shape index (κ2) is 7.71. The van der Waals surface area contributed by atoms with E-state index in [4.69, 9.17) is 11.6 Å². The lowest BCUT2D eigenvalue weighted by Crippen LogP contribution is -2.20. The molecule has 0 amide bonds. The summed E-state index contributed by atoms with van der Waals surface area (Å²) in [5.74, 6) is 0.696. The number of rotatable bonds is 7. The summed E-state index contributed by atoms with van der Waals surface area (Å²) in [5, 5.41) is 8.50. The van der Waals surface area contributed by atoms with Gasteiger partial charge in [-0.1, -0.05) is 31.5 Å². The van der Waals surface area contributed by atoms with Crippen LogP contribution in [0.3, 0.4) is 0 Å². The number of allylic oxidation sites excluding steroid dienone is 1. The molecule has 1 N–H and O–H groups in total. The molecular weight excluding hydrogens is 258 g/mol. The Morgan fingerprint density at radius 2 is 2.11 bits per heavy atom. The van der Waals surface area contributed by atoms with E-state index in [1.807, 2.05) is 4.68 Å². The highest BCUT2D eigenvalue weighted by molar-refractivity contribution is 6.32. The predicted octanol–water partition coefficient (Wildman–Crippen LogP) is 4.16. The molecule has 0 aliphatic heterocycles. The van der Waals surface area contributed by atoms with Crippen molar-refractivity contribution < 1.29 is 0 Å². The van der Waals surface area contributed by atoms with Crippen molar-refractivity contribution in [3.05, 3.63) is 23.0 Å². The second-order valence-electron chi connectivity index (χ2n) is 5.65. The second-order valence-corrected chi connectivity index (χ2v) is 6.06. The molecule has 0 saturated heterocycles. The van der Waals surface area contributed by atoms with Gasteiger partial charge in [0.2, 0.25) is 0 Å². The fraction of sp³-hybridized carbons (Fsp3) is 0.667. The molecular formula is C15H26ClN3. The summed E-state index contributed by atoms with van der Waals surface area (Å²) in [5.41, 5.74) is 2.24. The van der Waals surface area contributed by atoms with Gasteiger partial charge in [0.05, 0.1) is 16.9 Å². The largest absolute Gasteiger partial charge is 0.316 e. The minimum atomic E-state index is 0.324. The van der Waals surface area contributed by atoms with Gasteiger partial charge in [-0.05, 0) is 51.8 Å². The van der Waals surface area contributed by atoms with Gasteiger partial charge in [-0.3, -0.25) is 4.68 Å². The van der Waals surface area contributed by atoms with Crippen molar-refractivity contribution in [3.63, 3.8) is 0 Å². The molecule has 0 fully saturated rings. The van der Waals surface area contributed by atoms with Gasteiger partial charge in [-0.25, -0.2) is 0 Å². The normalized spacial score (nSPS) is 12.7. The average Bonchev–Trinajstić information content (AvgIpc) is 2.70. The fourth-order valence-electron chi connectivity index (χ4n) is 1.98. The predicted molar refractivity (Wildman–Crippen MR) is 83.6 cm³/mol. The fourth-order valence-corrected chi connectivity index (χ4v) is 2.26. The molecule has 0 spiro atoms. The van der Waals surface area contributed by atoms with Crippen molar-refractivity contribution in [2.24, 2.45) is 5.92 Å². The van der Waals surface area contributed by atoms with Crippen LogP contribution >= 0.6 is 11.6 Å². The molecule has 19 heavy (non-hydrogen) atoms. The van der Waals surface area contributed by atoms with E-state index < -0.39 is 0 Å². The number of halogens is 1. The van der Waals surface area contributed by atoms with Crippen molar-refractivity contribution in [3.8, 4) is 0 Å². The molecule has 0 radical (unpaired) electrons. The molecule has 0 aliphatic rings. The first kappa shape index (κ1) is 16.3. The highest BCUT2D eigenvalue weighted by Crippen LogP contribution is 2.26. The lowest BCUT2D eigenvalue weighted by atomic mass is 10.1. The Hall–Kier alpha value is -0.800. The van der Waals surface area contributed by atoms with Crippen LogP contribution in [-0.2, 0) is 0 Å². The monoisotopic (exact) mass is 283 g/mol. The number of nitrogens with zero attached hydrogens (tertiary/aromatic N) is 2. The summed E-state index contributed by atoms with van der Waals surface area (Å²) in [4.78, 5) is 0. The Bertz CT molecular complexity index is 419. The van der Waals surface area contributed by atoms with E-state index in [2.05, 4.69) is 51.1 Å². The quantitative estimate of drug-likeness (QED) is 0.762. The Morgan fingerprint density at radius 1 is 1.42 bits per heavy atom. The third-order valence-corrected chi connectivity index (χ3v) is 3.21. The van der Waals surface area contributed by atoms with E-state index >= 15 is 0 Å². The number of nitrogens with one attached hydrogen (secondary N) is 1. The number of aromatic nitrogens is 2. The first-order chi connectivity index (χ1) is 8.93. The summed E-state index contributed by atoms with van der Waals surface area (Å²) in [6.45, 7) is 12.8. The van der Waals surface area contributed by atoms with Gasteiger partial charge >= 0.3 is 0 Å². The van der Waals surface area contributed by atoms with Crippen molar-refractivity contribution in [2.45, 2.75) is 47.1 Å². The van der Waals surface area contributed by atoms with Crippen LogP contribution in [0.2, 0.25) is 5.02 Å². The summed E-state index contributed by atoms with van der Waals surface area (Å²) >= 11 is 6.23. The Kier molecular flexibility index (Phi) is 6.59. The molecule has 108 valence electrons. The Balaban J connectivity index is 2.61. The van der Waals surface area contributed by atoms with E-state index in [1.54, 1.807) is 6.20 Å². The van der Waals surface area contributed by atoms with E-state index in [0.29, 0.717) is 12.0 Å². The van der Waals surface area contributed by atoms with E-state index in [1.165, 1.54) is 5.57 Å². The van der Waals surface area contributed by atoms with E-state index in [-0.39, 0.29) is 0 Å². The zero-order valence-electron chi connectivity index (χ0n) is 12.7. The van der Waals surface area contributed by atoms with Gasteiger partial charge in [-0.15, -0.1) is 0 Å². The Morgan fingerprint density at radius 3 is 2.68 bits per heavy atom. The minimum absolute atomic E-state index is 0.324. The standard InChI is InChI=1S/C15H26ClN3/c1-11(2)9-17-8-6-7-13(5)15-14(16)10-18-19(15)12(3)4/h7,10-12,17H,6,8-9H2,1-5H3/b13-7-. The van der Waals surface area contributed by atoms with Gasteiger partial charge in [-0.2, -0.15) is 5.10 Å². The third-order valence-electron chi connectivity index (χ3n) is 2.94. The smallest absolute Gasteiger partial charge is 0.0862 e. The molecule has 1 aromatic heterocycles. The summed E-state index contributed by atoms with van der Waals surface area (Å²) < 4.78 is 1.98. The molecule has 1 rings (SSSR count). The minimum Gasteiger partial charge on any atom is -0.316 e. The van der Waals surface area contributed by atoms with E-state index in [0.717, 1.165) is 30.2 Å². The van der Waals surface area contributed by atoms with Crippen LogP contribution in [0.15, 0.2) is 12.3 Å². The van der Waals surface area contributed by atoms with Crippen LogP contribution in [0, 0.1) is 5.92 Å². The maximum absolute atomic E-state index is 6.23. The molecule has 0 unspecified atom stereocenters. The first-order valence-corrected chi connectivity index (χ1v) is 7.42. The summed E-state index contributed by atoms with van der Waals surface area (Å²) in [6.07, 6.45) is 4.97. The van der Waals surface area contributed by atoms with E-state index in [9.17, 15) is 0 Å². The van der Waals surface area contributed by atoms with Crippen molar-refractivity contribution in [1.29, 1.82) is 0 Å². The first-order valence-electron chi connectivity index (χ1n) is 7.04. The molecule has 0 atom stereocenters. The van der Waals surface area contributed by atoms with Crippen LogP contribution in [0.5, 0.6) is 0 Å². The number of hydrogen-bond acceptors (Lipinski definition) is 2. The molecule has 0 saturated carbocycles. The van der Waals surface area contributed by atoms with Gasteiger partial charge in [0.15, 0.2) is 0 Å². The topological polar surface area (TPSA) is 29.9 Å². The maximum atomic E-state index is 6.23. The van der Waals surface area contributed by atoms with Gasteiger partial charge in [0.25, 0.3) is 0 Å². The lowest BCUT2D eigenvalue weighted by Gasteiger charge is -2.12. The van der Waals surface area contributed by atoms with Crippen LogP contribution in [-0.4, -0.2) is 22.9 Å². The van der Waals surface area contributed by atoms with Gasteiger partial charge < -0.3 is 5.32 Å². The molecule has 3 nitrogen and oxygen atoms in total. The molecule has 0 aliphatic carbocycles. The maximum Gasteiger partial charge on any atom is 0.0862 e. The van der Waals surface area contributed by atoms with Crippen molar-refractivity contribution >= 4 is 17.2 Å². The summed E-state index contributed by atoms with van der Waals surface area (Å²) in [6, 6.07) is 0.324. The molecule has 4 heteroatoms. The lowest BCUT2D eigenvalue weighted by molar-refractivity contribution is 0.526. The van der Waals surface area contributed by atoms with Crippen LogP contribution in [0.25, 0.3) is 5.57 Å². The van der Waals surface area contributed by atoms with Crippen molar-refractivity contribution in [2.75, 3.05) is 13.1 Å². The van der Waals surface area contributed by atoms with Crippen LogP contribution in [0.4, 0.5) is 0 Å². The van der Waals surface area contributed by atoms with Gasteiger partial charge in [0.1, 0.15) is 0 Å². The Labute approximate surface area is 122 Å². The molecule has 1 heterocycles.